The molecule has 0 aliphatic heterocycles. The smallest absolute Gasteiger partial charge is 0.257 e. The SMILES string of the molecule is CCCN(Cc1nnc(-c2cccs2)o1)C(=O)C(C)Cl. The van der Waals surface area contributed by atoms with Crippen molar-refractivity contribution in [3.8, 4) is 10.8 Å². The molecule has 0 bridgehead atoms. The third-order valence-corrected chi connectivity index (χ3v) is 3.71. The average molecular weight is 314 g/mol. The molecule has 0 fully saturated rings. The molecule has 1 amide bonds. The molecule has 0 radical (unpaired) electrons. The lowest BCUT2D eigenvalue weighted by Crippen LogP contribution is -2.35. The highest BCUT2D eigenvalue weighted by Crippen LogP contribution is 2.23. The summed E-state index contributed by atoms with van der Waals surface area (Å²) in [6, 6.07) is 3.84. The third kappa shape index (κ3) is 3.58. The molecular formula is C13H16ClN3O2S. The highest BCUT2D eigenvalue weighted by Gasteiger charge is 2.20. The monoisotopic (exact) mass is 313 g/mol. The van der Waals surface area contributed by atoms with Crippen LogP contribution in [0.4, 0.5) is 0 Å². The fourth-order valence-corrected chi connectivity index (χ4v) is 2.55. The maximum atomic E-state index is 12.0. The second-order valence-corrected chi connectivity index (χ2v) is 5.96. The summed E-state index contributed by atoms with van der Waals surface area (Å²) in [5, 5.41) is 9.38. The predicted molar refractivity (Wildman–Crippen MR) is 78.6 cm³/mol. The van der Waals surface area contributed by atoms with E-state index in [0.29, 0.717) is 24.9 Å². The standard InChI is InChI=1S/C13H16ClN3O2S/c1-3-6-17(13(18)9(2)14)8-11-15-16-12(19-11)10-5-4-7-20-10/h4-5,7,9H,3,6,8H2,1-2H3. The van der Waals surface area contributed by atoms with E-state index in [4.69, 9.17) is 16.0 Å². The van der Waals surface area contributed by atoms with Gasteiger partial charge in [-0.1, -0.05) is 13.0 Å². The van der Waals surface area contributed by atoms with Crippen molar-refractivity contribution in [1.82, 2.24) is 15.1 Å². The molecule has 0 spiro atoms. The molecule has 0 N–H and O–H groups in total. The molecule has 108 valence electrons. The van der Waals surface area contributed by atoms with Gasteiger partial charge in [-0.05, 0) is 24.8 Å². The van der Waals surface area contributed by atoms with Crippen LogP contribution in [0, 0.1) is 0 Å². The van der Waals surface area contributed by atoms with E-state index in [1.54, 1.807) is 11.8 Å². The van der Waals surface area contributed by atoms with Gasteiger partial charge in [0.1, 0.15) is 5.38 Å². The molecule has 1 atom stereocenters. The first-order chi connectivity index (χ1) is 9.61. The molecule has 5 nitrogen and oxygen atoms in total. The maximum absolute atomic E-state index is 12.0. The Morgan fingerprint density at radius 1 is 1.55 bits per heavy atom. The summed E-state index contributed by atoms with van der Waals surface area (Å²) < 4.78 is 5.59. The number of hydrogen-bond donors (Lipinski definition) is 0. The summed E-state index contributed by atoms with van der Waals surface area (Å²) in [6.45, 7) is 4.58. The fourth-order valence-electron chi connectivity index (χ4n) is 1.77. The Balaban J connectivity index is 2.09. The van der Waals surface area contributed by atoms with Gasteiger partial charge in [0.15, 0.2) is 0 Å². The van der Waals surface area contributed by atoms with E-state index in [-0.39, 0.29) is 5.91 Å². The highest BCUT2D eigenvalue weighted by atomic mass is 35.5. The molecule has 7 heteroatoms. The van der Waals surface area contributed by atoms with Crippen molar-refractivity contribution in [3.63, 3.8) is 0 Å². The van der Waals surface area contributed by atoms with Crippen molar-refractivity contribution in [2.45, 2.75) is 32.2 Å². The quantitative estimate of drug-likeness (QED) is 0.769. The molecule has 0 saturated carbocycles. The van der Waals surface area contributed by atoms with Crippen molar-refractivity contribution in [3.05, 3.63) is 23.4 Å². The molecule has 0 aliphatic rings. The number of nitrogens with zero attached hydrogens (tertiary/aromatic N) is 3. The van der Waals surface area contributed by atoms with E-state index in [1.165, 1.54) is 11.3 Å². The van der Waals surface area contributed by atoms with E-state index < -0.39 is 5.38 Å². The largest absolute Gasteiger partial charge is 0.418 e. The molecule has 2 rings (SSSR count). The topological polar surface area (TPSA) is 59.2 Å². The number of aromatic nitrogens is 2. The van der Waals surface area contributed by atoms with Crippen LogP contribution in [0.25, 0.3) is 10.8 Å². The van der Waals surface area contributed by atoms with Gasteiger partial charge in [-0.3, -0.25) is 4.79 Å². The Kier molecular flexibility index (Phi) is 5.14. The number of hydrogen-bond acceptors (Lipinski definition) is 5. The van der Waals surface area contributed by atoms with E-state index in [9.17, 15) is 4.79 Å². The van der Waals surface area contributed by atoms with E-state index in [0.717, 1.165) is 11.3 Å². The Bertz CT molecular complexity index is 554. The number of carbonyl (C=O) groups is 1. The Labute approximate surface area is 126 Å². The number of rotatable bonds is 6. The third-order valence-electron chi connectivity index (χ3n) is 2.67. The fraction of sp³-hybridized carbons (Fsp3) is 0.462. The molecular weight excluding hydrogens is 298 g/mol. The van der Waals surface area contributed by atoms with Crippen LogP contribution in [0.5, 0.6) is 0 Å². The number of amides is 1. The van der Waals surface area contributed by atoms with Gasteiger partial charge >= 0.3 is 0 Å². The number of thiophene rings is 1. The van der Waals surface area contributed by atoms with E-state index >= 15 is 0 Å². The minimum Gasteiger partial charge on any atom is -0.418 e. The zero-order valence-electron chi connectivity index (χ0n) is 11.4. The summed E-state index contributed by atoms with van der Waals surface area (Å²) in [6.07, 6.45) is 0.848. The van der Waals surface area contributed by atoms with E-state index in [1.807, 2.05) is 24.4 Å². The van der Waals surface area contributed by atoms with E-state index in [2.05, 4.69) is 10.2 Å². The minimum absolute atomic E-state index is 0.121. The number of halogens is 1. The molecule has 2 aromatic heterocycles. The van der Waals surface area contributed by atoms with Gasteiger partial charge in [0.25, 0.3) is 5.89 Å². The van der Waals surface area contributed by atoms with Gasteiger partial charge in [-0.2, -0.15) is 0 Å². The van der Waals surface area contributed by atoms with Gasteiger partial charge in [0.05, 0.1) is 11.4 Å². The summed E-state index contributed by atoms with van der Waals surface area (Å²) in [5.41, 5.74) is 0. The first-order valence-corrected chi connectivity index (χ1v) is 7.72. The average Bonchev–Trinajstić information content (AvgIpc) is 3.07. The van der Waals surface area contributed by atoms with Crippen molar-refractivity contribution in [2.24, 2.45) is 0 Å². The van der Waals surface area contributed by atoms with Gasteiger partial charge < -0.3 is 9.32 Å². The van der Waals surface area contributed by atoms with Crippen molar-refractivity contribution >= 4 is 28.8 Å². The second-order valence-electron chi connectivity index (χ2n) is 4.35. The van der Waals surface area contributed by atoms with Gasteiger partial charge in [-0.25, -0.2) is 0 Å². The summed E-state index contributed by atoms with van der Waals surface area (Å²) in [4.78, 5) is 14.5. The van der Waals surface area contributed by atoms with Crippen LogP contribution in [-0.4, -0.2) is 32.9 Å². The van der Waals surface area contributed by atoms with Gasteiger partial charge in [-0.15, -0.1) is 33.1 Å². The zero-order valence-corrected chi connectivity index (χ0v) is 12.9. The van der Waals surface area contributed by atoms with Gasteiger partial charge in [0, 0.05) is 6.54 Å². The normalized spacial score (nSPS) is 12.3. The highest BCUT2D eigenvalue weighted by molar-refractivity contribution is 7.13. The summed E-state index contributed by atoms with van der Waals surface area (Å²) in [7, 11) is 0. The molecule has 1 unspecified atom stereocenters. The van der Waals surface area contributed by atoms with Crippen LogP contribution >= 0.6 is 22.9 Å². The van der Waals surface area contributed by atoms with Crippen LogP contribution in [0.1, 0.15) is 26.2 Å². The maximum Gasteiger partial charge on any atom is 0.257 e. The van der Waals surface area contributed by atoms with Crippen molar-refractivity contribution in [2.75, 3.05) is 6.54 Å². The lowest BCUT2D eigenvalue weighted by molar-refractivity contribution is -0.131. The lowest BCUT2D eigenvalue weighted by atomic mass is 10.3. The second kappa shape index (κ2) is 6.85. The van der Waals surface area contributed by atoms with Crippen LogP contribution in [0.15, 0.2) is 21.9 Å². The molecule has 0 aromatic carbocycles. The predicted octanol–water partition coefficient (Wildman–Crippen LogP) is 3.16. The van der Waals surface area contributed by atoms with Crippen LogP contribution in [-0.2, 0) is 11.3 Å². The van der Waals surface area contributed by atoms with Crippen LogP contribution in [0.2, 0.25) is 0 Å². The Morgan fingerprint density at radius 2 is 2.35 bits per heavy atom. The van der Waals surface area contributed by atoms with Gasteiger partial charge in [0.2, 0.25) is 11.8 Å². The number of carbonyl (C=O) groups excluding carboxylic acids is 1. The van der Waals surface area contributed by atoms with Crippen molar-refractivity contribution < 1.29 is 9.21 Å². The molecule has 0 saturated heterocycles. The summed E-state index contributed by atoms with van der Waals surface area (Å²) in [5.74, 6) is 0.787. The zero-order chi connectivity index (χ0) is 14.5. The van der Waals surface area contributed by atoms with Crippen LogP contribution < -0.4 is 0 Å². The Morgan fingerprint density at radius 3 is 2.95 bits per heavy atom. The van der Waals surface area contributed by atoms with Crippen molar-refractivity contribution in [1.29, 1.82) is 0 Å². The lowest BCUT2D eigenvalue weighted by Gasteiger charge is -2.21. The Hall–Kier alpha value is -1.40. The molecule has 2 heterocycles. The number of alkyl halides is 1. The minimum atomic E-state index is -0.554. The van der Waals surface area contributed by atoms with Crippen LogP contribution in [0.3, 0.4) is 0 Å². The summed E-state index contributed by atoms with van der Waals surface area (Å²) >= 11 is 7.39. The molecule has 2 aromatic rings. The molecule has 20 heavy (non-hydrogen) atoms. The first kappa shape index (κ1) is 15.0. The molecule has 0 aliphatic carbocycles. The first-order valence-electron chi connectivity index (χ1n) is 6.41.